The van der Waals surface area contributed by atoms with Gasteiger partial charge < -0.3 is 9.47 Å². The van der Waals surface area contributed by atoms with Crippen LogP contribution in [0, 0.1) is 36.0 Å². The van der Waals surface area contributed by atoms with Crippen molar-refractivity contribution < 1.29 is 36.2 Å². The van der Waals surface area contributed by atoms with Crippen LogP contribution in [0.25, 0.3) is 16.7 Å². The van der Waals surface area contributed by atoms with E-state index in [0.717, 1.165) is 12.0 Å². The van der Waals surface area contributed by atoms with E-state index in [1.54, 1.807) is 12.1 Å². The van der Waals surface area contributed by atoms with Gasteiger partial charge in [0.2, 0.25) is 5.82 Å². The molecule has 0 amide bonds. The summed E-state index contributed by atoms with van der Waals surface area (Å²) < 4.78 is 82.7. The quantitative estimate of drug-likeness (QED) is 0.167. The monoisotopic (exact) mass is 530 g/mol. The first-order valence-corrected chi connectivity index (χ1v) is 12.5. The van der Waals surface area contributed by atoms with Crippen molar-refractivity contribution in [2.24, 2.45) is 0 Å². The minimum atomic E-state index is -1.24. The molecule has 3 aromatic carbocycles. The number of carbonyl (C=O) groups excluding carboxylic acids is 1. The lowest BCUT2D eigenvalue weighted by Gasteiger charge is -2.23. The summed E-state index contributed by atoms with van der Waals surface area (Å²) in [6, 6.07) is 9.33. The molecule has 0 aliphatic heterocycles. The van der Waals surface area contributed by atoms with Gasteiger partial charge in [-0.05, 0) is 67.2 Å². The molecule has 1 unspecified atom stereocenters. The maximum atomic E-state index is 15.0. The number of rotatable bonds is 8. The van der Waals surface area contributed by atoms with E-state index in [4.69, 9.17) is 9.47 Å². The topological polar surface area (TPSA) is 35.5 Å². The standard InChI is InChI=1S/C30H27F5O3/c1-3-4-15-37-25-14-13-22(27(33)29(25)35)21-12-8-19(16-24(21)31)18-6-9-20(10-7-18)38-30(36)23-11-5-17(2)26(32)28(23)34/h5-6,8,11-14,16,20H,3-4,7,9-10,15H2,1-2H3. The number of esters is 1. The average molecular weight is 531 g/mol. The van der Waals surface area contributed by atoms with Crippen molar-refractivity contribution in [2.45, 2.75) is 52.1 Å². The molecular formula is C30H27F5O3. The van der Waals surface area contributed by atoms with Crippen molar-refractivity contribution in [1.82, 2.24) is 0 Å². The number of hydrogen-bond acceptors (Lipinski definition) is 3. The molecule has 38 heavy (non-hydrogen) atoms. The number of ether oxygens (including phenoxy) is 2. The second-order valence-electron chi connectivity index (χ2n) is 9.22. The fourth-order valence-corrected chi connectivity index (χ4v) is 4.31. The Morgan fingerprint density at radius 1 is 0.921 bits per heavy atom. The fourth-order valence-electron chi connectivity index (χ4n) is 4.31. The molecule has 200 valence electrons. The molecule has 0 spiro atoms. The van der Waals surface area contributed by atoms with Gasteiger partial charge in [0, 0.05) is 17.5 Å². The highest BCUT2D eigenvalue weighted by molar-refractivity contribution is 5.90. The van der Waals surface area contributed by atoms with Crippen molar-refractivity contribution in [3.05, 3.63) is 94.3 Å². The zero-order valence-electron chi connectivity index (χ0n) is 21.1. The van der Waals surface area contributed by atoms with Gasteiger partial charge in [-0.25, -0.2) is 22.4 Å². The summed E-state index contributed by atoms with van der Waals surface area (Å²) in [5.41, 5.74) is 0.679. The van der Waals surface area contributed by atoms with E-state index < -0.39 is 46.7 Å². The van der Waals surface area contributed by atoms with Crippen molar-refractivity contribution in [1.29, 1.82) is 0 Å². The molecule has 1 aliphatic rings. The van der Waals surface area contributed by atoms with Crippen LogP contribution in [0.15, 0.2) is 48.5 Å². The van der Waals surface area contributed by atoms with Gasteiger partial charge in [0.25, 0.3) is 0 Å². The van der Waals surface area contributed by atoms with Crippen LogP contribution < -0.4 is 4.74 Å². The average Bonchev–Trinajstić information content (AvgIpc) is 2.90. The zero-order valence-corrected chi connectivity index (χ0v) is 21.1. The van der Waals surface area contributed by atoms with Crippen molar-refractivity contribution in [3.8, 4) is 16.9 Å². The first-order chi connectivity index (χ1) is 18.2. The predicted molar refractivity (Wildman–Crippen MR) is 134 cm³/mol. The largest absolute Gasteiger partial charge is 0.490 e. The lowest BCUT2D eigenvalue weighted by Crippen LogP contribution is -2.21. The third-order valence-corrected chi connectivity index (χ3v) is 6.56. The second kappa shape index (κ2) is 11.8. The summed E-state index contributed by atoms with van der Waals surface area (Å²) in [6.07, 6.45) is 3.92. The Balaban J connectivity index is 1.45. The molecule has 0 N–H and O–H groups in total. The van der Waals surface area contributed by atoms with Gasteiger partial charge in [0.15, 0.2) is 23.2 Å². The van der Waals surface area contributed by atoms with Crippen molar-refractivity contribution >= 4 is 11.5 Å². The number of hydrogen-bond donors (Lipinski definition) is 0. The summed E-state index contributed by atoms with van der Waals surface area (Å²) in [7, 11) is 0. The maximum Gasteiger partial charge on any atom is 0.341 e. The van der Waals surface area contributed by atoms with Crippen LogP contribution in [0.2, 0.25) is 0 Å². The predicted octanol–water partition coefficient (Wildman–Crippen LogP) is 8.33. The molecule has 0 fully saturated rings. The molecule has 0 heterocycles. The molecule has 4 rings (SSSR count). The van der Waals surface area contributed by atoms with Gasteiger partial charge in [-0.1, -0.05) is 37.6 Å². The molecule has 0 saturated heterocycles. The van der Waals surface area contributed by atoms with Gasteiger partial charge >= 0.3 is 5.97 Å². The third kappa shape index (κ3) is 5.74. The Morgan fingerprint density at radius 3 is 2.37 bits per heavy atom. The molecule has 0 saturated carbocycles. The molecule has 0 aromatic heterocycles. The van der Waals surface area contributed by atoms with Gasteiger partial charge in [0.05, 0.1) is 12.2 Å². The first kappa shape index (κ1) is 27.4. The lowest BCUT2D eigenvalue weighted by molar-refractivity contribution is 0.0279. The van der Waals surface area contributed by atoms with Crippen LogP contribution >= 0.6 is 0 Å². The minimum Gasteiger partial charge on any atom is -0.490 e. The van der Waals surface area contributed by atoms with E-state index in [2.05, 4.69) is 0 Å². The Labute approximate surface area is 217 Å². The number of aryl methyl sites for hydroxylation is 1. The molecule has 3 nitrogen and oxygen atoms in total. The highest BCUT2D eigenvalue weighted by atomic mass is 19.2. The van der Waals surface area contributed by atoms with Crippen LogP contribution in [0.4, 0.5) is 22.0 Å². The van der Waals surface area contributed by atoms with Gasteiger partial charge in [-0.2, -0.15) is 4.39 Å². The van der Waals surface area contributed by atoms with Crippen LogP contribution in [0.3, 0.4) is 0 Å². The summed E-state index contributed by atoms with van der Waals surface area (Å²) in [6.45, 7) is 3.60. The molecule has 3 aromatic rings. The van der Waals surface area contributed by atoms with E-state index >= 15 is 4.39 Å². The third-order valence-electron chi connectivity index (χ3n) is 6.56. The molecular weight excluding hydrogens is 503 g/mol. The summed E-state index contributed by atoms with van der Waals surface area (Å²) in [5.74, 6) is -6.55. The Bertz CT molecular complexity index is 1380. The molecule has 8 heteroatoms. The van der Waals surface area contributed by atoms with Crippen LogP contribution in [0.5, 0.6) is 5.75 Å². The summed E-state index contributed by atoms with van der Waals surface area (Å²) in [5, 5.41) is 0. The van der Waals surface area contributed by atoms with Crippen LogP contribution in [-0.2, 0) is 4.74 Å². The van der Waals surface area contributed by atoms with E-state index in [1.165, 1.54) is 43.3 Å². The summed E-state index contributed by atoms with van der Waals surface area (Å²) in [4.78, 5) is 12.3. The minimum absolute atomic E-state index is 0.0826. The molecule has 1 atom stereocenters. The van der Waals surface area contributed by atoms with Crippen LogP contribution in [-0.4, -0.2) is 18.7 Å². The van der Waals surface area contributed by atoms with Crippen LogP contribution in [0.1, 0.15) is 60.5 Å². The number of unbranched alkanes of at least 4 members (excludes halogenated alkanes) is 1. The normalized spacial score (nSPS) is 15.2. The number of benzene rings is 3. The van der Waals surface area contributed by atoms with E-state index in [-0.39, 0.29) is 29.0 Å². The van der Waals surface area contributed by atoms with E-state index in [1.807, 2.05) is 6.92 Å². The SMILES string of the molecule is CCCCOc1ccc(-c2ccc(C3=CCC(OC(=O)c4ccc(C)c(F)c4F)CC3)cc2F)c(F)c1F. The number of allylic oxidation sites excluding steroid dienone is 1. The number of halogens is 5. The van der Waals surface area contributed by atoms with Gasteiger partial charge in [-0.3, -0.25) is 0 Å². The second-order valence-corrected chi connectivity index (χ2v) is 9.22. The highest BCUT2D eigenvalue weighted by Crippen LogP contribution is 2.35. The first-order valence-electron chi connectivity index (χ1n) is 12.5. The zero-order chi connectivity index (χ0) is 27.4. The summed E-state index contributed by atoms with van der Waals surface area (Å²) >= 11 is 0. The van der Waals surface area contributed by atoms with E-state index in [0.29, 0.717) is 31.2 Å². The number of carbonyl (C=O) groups is 1. The Hall–Kier alpha value is -3.68. The molecule has 1 aliphatic carbocycles. The Kier molecular flexibility index (Phi) is 8.49. The van der Waals surface area contributed by atoms with Crippen molar-refractivity contribution in [3.63, 3.8) is 0 Å². The Morgan fingerprint density at radius 2 is 1.68 bits per heavy atom. The van der Waals surface area contributed by atoms with Gasteiger partial charge in [0.1, 0.15) is 11.9 Å². The van der Waals surface area contributed by atoms with Crippen molar-refractivity contribution in [2.75, 3.05) is 6.61 Å². The molecule has 0 bridgehead atoms. The van der Waals surface area contributed by atoms with Gasteiger partial charge in [-0.15, -0.1) is 0 Å². The molecule has 0 radical (unpaired) electrons. The lowest BCUT2D eigenvalue weighted by atomic mass is 9.90. The smallest absolute Gasteiger partial charge is 0.341 e. The maximum absolute atomic E-state index is 15.0. The highest BCUT2D eigenvalue weighted by Gasteiger charge is 2.24. The fraction of sp³-hybridized carbons (Fsp3) is 0.300. The van der Waals surface area contributed by atoms with E-state index in [9.17, 15) is 22.4 Å².